The molecule has 0 aromatic rings. The van der Waals surface area contributed by atoms with E-state index in [2.05, 4.69) is 0 Å². The second-order valence-electron chi connectivity index (χ2n) is 5.38. The van der Waals surface area contributed by atoms with E-state index in [1.165, 1.54) is 20.0 Å². The number of nitrogens with zero attached hydrogens (tertiary/aromatic N) is 1. The maximum Gasteiger partial charge on any atom is 0.326 e. The molecule has 0 bridgehead atoms. The molecule has 2 atom stereocenters. The Morgan fingerprint density at radius 2 is 2.27 bits per heavy atom. The lowest BCUT2D eigenvalue weighted by Gasteiger charge is -2.27. The first kappa shape index (κ1) is 9.58. The smallest absolute Gasteiger partial charge is 0.326 e. The summed E-state index contributed by atoms with van der Waals surface area (Å²) in [6.07, 6.45) is 2.67. The van der Waals surface area contributed by atoms with Crippen molar-refractivity contribution in [2.24, 2.45) is 5.41 Å². The van der Waals surface area contributed by atoms with Crippen molar-refractivity contribution in [3.8, 4) is 0 Å². The van der Waals surface area contributed by atoms with Gasteiger partial charge in [-0.1, -0.05) is 0 Å². The number of methoxy groups -OCH3 is 1. The highest BCUT2D eigenvalue weighted by Crippen LogP contribution is 2.61. The minimum absolute atomic E-state index is 0.230. The van der Waals surface area contributed by atoms with Gasteiger partial charge >= 0.3 is 5.97 Å². The fraction of sp³-hybridized carbons (Fsp3) is 0.909. The van der Waals surface area contributed by atoms with Gasteiger partial charge in [-0.3, -0.25) is 9.69 Å². The summed E-state index contributed by atoms with van der Waals surface area (Å²) in [4.78, 5) is 13.9. The van der Waals surface area contributed by atoms with Crippen LogP contribution >= 0.6 is 0 Å². The van der Waals surface area contributed by atoms with E-state index in [-0.39, 0.29) is 5.97 Å². The molecule has 3 fully saturated rings. The number of carbonyl (C=O) groups is 1. The quantitative estimate of drug-likeness (QED) is 0.611. The van der Waals surface area contributed by atoms with E-state index in [4.69, 9.17) is 4.74 Å². The van der Waals surface area contributed by atoms with Crippen LogP contribution in [0.5, 0.6) is 0 Å². The van der Waals surface area contributed by atoms with Gasteiger partial charge in [0.25, 0.3) is 0 Å². The van der Waals surface area contributed by atoms with E-state index in [1.54, 1.807) is 0 Å². The van der Waals surface area contributed by atoms with Gasteiger partial charge in [-0.2, -0.15) is 0 Å². The number of fused-ring (bicyclic) bond motifs is 1. The number of hydrogen-bond acceptors (Lipinski definition) is 3. The molecule has 3 aliphatic rings. The summed E-state index contributed by atoms with van der Waals surface area (Å²) in [6.45, 7) is 1.30. The van der Waals surface area contributed by atoms with Gasteiger partial charge in [-0.05, 0) is 24.7 Å². The minimum atomic E-state index is -0.861. The molecule has 0 amide bonds. The van der Waals surface area contributed by atoms with Gasteiger partial charge in [0.2, 0.25) is 0 Å². The monoisotopic (exact) mass is 213 g/mol. The Kier molecular flexibility index (Phi) is 1.74. The van der Waals surface area contributed by atoms with E-state index in [9.17, 15) is 9.18 Å². The summed E-state index contributed by atoms with van der Waals surface area (Å²) >= 11 is 0. The van der Waals surface area contributed by atoms with Crippen LogP contribution in [-0.4, -0.2) is 42.8 Å². The van der Waals surface area contributed by atoms with Crippen LogP contribution in [0.15, 0.2) is 0 Å². The largest absolute Gasteiger partial charge is 0.468 e. The van der Waals surface area contributed by atoms with Gasteiger partial charge in [0.05, 0.1) is 7.11 Å². The summed E-state index contributed by atoms with van der Waals surface area (Å²) in [5.74, 6) is -0.230. The van der Waals surface area contributed by atoms with Crippen molar-refractivity contribution in [2.75, 3.05) is 20.2 Å². The number of esters is 1. The maximum atomic E-state index is 13.4. The van der Waals surface area contributed by atoms with Crippen molar-refractivity contribution in [3.63, 3.8) is 0 Å². The Hall–Kier alpha value is -0.640. The molecule has 0 aromatic heterocycles. The van der Waals surface area contributed by atoms with Crippen LogP contribution in [0.4, 0.5) is 4.39 Å². The first-order valence-corrected chi connectivity index (χ1v) is 5.58. The average molecular weight is 213 g/mol. The summed E-state index contributed by atoms with van der Waals surface area (Å²) in [7, 11) is 1.40. The van der Waals surface area contributed by atoms with E-state index in [0.717, 1.165) is 13.0 Å². The molecule has 15 heavy (non-hydrogen) atoms. The van der Waals surface area contributed by atoms with Crippen LogP contribution in [0, 0.1) is 5.41 Å². The molecule has 2 saturated heterocycles. The van der Waals surface area contributed by atoms with E-state index in [0.29, 0.717) is 18.4 Å². The molecular weight excluding hydrogens is 197 g/mol. The van der Waals surface area contributed by atoms with E-state index in [1.807, 2.05) is 4.90 Å². The van der Waals surface area contributed by atoms with Crippen molar-refractivity contribution in [2.45, 2.75) is 37.4 Å². The van der Waals surface area contributed by atoms with Gasteiger partial charge in [-0.15, -0.1) is 0 Å². The molecule has 2 aliphatic heterocycles. The average Bonchev–Trinajstić information content (AvgIpc) is 2.75. The molecule has 0 unspecified atom stereocenters. The Balaban J connectivity index is 1.91. The predicted molar refractivity (Wildman–Crippen MR) is 52.1 cm³/mol. The summed E-state index contributed by atoms with van der Waals surface area (Å²) < 4.78 is 18.3. The first-order chi connectivity index (χ1) is 7.10. The van der Waals surface area contributed by atoms with E-state index < -0.39 is 11.7 Å². The molecule has 1 aliphatic carbocycles. The first-order valence-electron chi connectivity index (χ1n) is 5.58. The Morgan fingerprint density at radius 1 is 1.53 bits per heavy atom. The third kappa shape index (κ3) is 1.17. The lowest BCUT2D eigenvalue weighted by molar-refractivity contribution is -0.151. The Labute approximate surface area is 88.6 Å². The number of alkyl halides is 1. The lowest BCUT2D eigenvalue weighted by Crippen LogP contribution is -2.46. The van der Waals surface area contributed by atoms with Crippen LogP contribution < -0.4 is 0 Å². The zero-order valence-electron chi connectivity index (χ0n) is 8.96. The number of carbonyl (C=O) groups excluding carboxylic acids is 1. The number of halogens is 1. The minimum Gasteiger partial charge on any atom is -0.468 e. The van der Waals surface area contributed by atoms with Gasteiger partial charge in [0, 0.05) is 19.5 Å². The normalized spacial score (nSPS) is 41.9. The van der Waals surface area contributed by atoms with Crippen LogP contribution in [0.3, 0.4) is 0 Å². The molecule has 0 radical (unpaired) electrons. The van der Waals surface area contributed by atoms with Gasteiger partial charge in [-0.25, -0.2) is 4.39 Å². The molecule has 84 valence electrons. The van der Waals surface area contributed by atoms with Crippen LogP contribution in [0.1, 0.15) is 25.7 Å². The number of hydrogen-bond donors (Lipinski definition) is 0. The van der Waals surface area contributed by atoms with E-state index >= 15 is 0 Å². The highest BCUT2D eigenvalue weighted by molar-refractivity contribution is 5.82. The van der Waals surface area contributed by atoms with Crippen molar-refractivity contribution in [1.82, 2.24) is 4.90 Å². The van der Waals surface area contributed by atoms with Crippen molar-refractivity contribution in [3.05, 3.63) is 0 Å². The van der Waals surface area contributed by atoms with Crippen LogP contribution in [0.25, 0.3) is 0 Å². The SMILES string of the molecule is COC(=O)[C@@]12C[C@@H](F)CN1CC1(CC1)C2. The third-order valence-corrected chi connectivity index (χ3v) is 4.30. The topological polar surface area (TPSA) is 29.5 Å². The van der Waals surface area contributed by atoms with Crippen LogP contribution in [-0.2, 0) is 9.53 Å². The lowest BCUT2D eigenvalue weighted by atomic mass is 9.88. The molecule has 0 aromatic carbocycles. The summed E-state index contributed by atoms with van der Waals surface area (Å²) in [6, 6.07) is 0. The van der Waals surface area contributed by atoms with Crippen LogP contribution in [0.2, 0.25) is 0 Å². The molecule has 1 spiro atoms. The van der Waals surface area contributed by atoms with Crippen molar-refractivity contribution < 1.29 is 13.9 Å². The second kappa shape index (κ2) is 2.73. The number of rotatable bonds is 1. The summed E-state index contributed by atoms with van der Waals surface area (Å²) in [5.41, 5.74) is -0.293. The maximum absolute atomic E-state index is 13.4. The Bertz CT molecular complexity index is 316. The number of ether oxygens (including phenoxy) is 1. The molecule has 4 heteroatoms. The molecule has 1 saturated carbocycles. The van der Waals surface area contributed by atoms with Crippen molar-refractivity contribution >= 4 is 5.97 Å². The van der Waals surface area contributed by atoms with Gasteiger partial charge in [0.15, 0.2) is 0 Å². The zero-order valence-corrected chi connectivity index (χ0v) is 8.96. The molecule has 0 N–H and O–H groups in total. The summed E-state index contributed by atoms with van der Waals surface area (Å²) in [5, 5.41) is 0. The predicted octanol–water partition coefficient (Wildman–Crippen LogP) is 1.13. The molecule has 3 rings (SSSR count). The third-order valence-electron chi connectivity index (χ3n) is 4.30. The molecule has 2 heterocycles. The Morgan fingerprint density at radius 3 is 2.87 bits per heavy atom. The zero-order chi connectivity index (χ0) is 10.7. The fourth-order valence-electron chi connectivity index (χ4n) is 3.44. The highest BCUT2D eigenvalue weighted by atomic mass is 19.1. The fourth-order valence-corrected chi connectivity index (χ4v) is 3.44. The van der Waals surface area contributed by atoms with Crippen molar-refractivity contribution in [1.29, 1.82) is 0 Å². The van der Waals surface area contributed by atoms with Gasteiger partial charge < -0.3 is 4.74 Å². The molecular formula is C11H16FNO2. The molecule has 3 nitrogen and oxygen atoms in total. The van der Waals surface area contributed by atoms with Gasteiger partial charge in [0.1, 0.15) is 11.7 Å². The standard InChI is InChI=1S/C11H16FNO2/c1-15-9(14)11-4-8(12)5-13(11)7-10(6-11)2-3-10/h8H,2-7H2,1H3/t8-,11+/m1/s1. The second-order valence-corrected chi connectivity index (χ2v) is 5.38. The highest BCUT2D eigenvalue weighted by Gasteiger charge is 2.65.